The van der Waals surface area contributed by atoms with Crippen LogP contribution in [0.3, 0.4) is 0 Å². The van der Waals surface area contributed by atoms with Gasteiger partial charge in [0.05, 0.1) is 10.2 Å². The van der Waals surface area contributed by atoms with Crippen LogP contribution in [0.4, 0.5) is 18.9 Å². The third kappa shape index (κ3) is 2.13. The number of benzene rings is 2. The molecule has 0 saturated heterocycles. The van der Waals surface area contributed by atoms with E-state index in [-0.39, 0.29) is 5.69 Å². The predicted molar refractivity (Wildman–Crippen MR) is 79.5 cm³/mol. The van der Waals surface area contributed by atoms with E-state index in [4.69, 9.17) is 5.73 Å². The molecule has 3 N–H and O–H groups in total. The van der Waals surface area contributed by atoms with Crippen molar-refractivity contribution in [1.82, 2.24) is 4.98 Å². The summed E-state index contributed by atoms with van der Waals surface area (Å²) in [5.74, 6) is 0. The van der Waals surface area contributed by atoms with Crippen molar-refractivity contribution in [2.45, 2.75) is 11.8 Å². The van der Waals surface area contributed by atoms with Gasteiger partial charge in [-0.15, -0.1) is 11.3 Å². The molecule has 0 fully saturated rings. The first-order chi connectivity index (χ1) is 10.3. The van der Waals surface area contributed by atoms with E-state index in [1.807, 2.05) is 0 Å². The van der Waals surface area contributed by atoms with Gasteiger partial charge < -0.3 is 10.8 Å². The number of aliphatic hydroxyl groups is 1. The molecule has 1 aromatic heterocycles. The first-order valence-corrected chi connectivity index (χ1v) is 7.16. The number of nitrogen functional groups attached to an aromatic ring is 1. The summed E-state index contributed by atoms with van der Waals surface area (Å²) >= 11 is 0.798. The van der Waals surface area contributed by atoms with Crippen molar-refractivity contribution in [2.24, 2.45) is 0 Å². The maximum atomic E-state index is 13.6. The molecule has 0 aliphatic carbocycles. The Morgan fingerprint density at radius 1 is 1.00 bits per heavy atom. The number of hydrogen-bond acceptors (Lipinski definition) is 4. The summed E-state index contributed by atoms with van der Waals surface area (Å²) in [4.78, 5) is 3.96. The average molecular weight is 324 g/mol. The summed E-state index contributed by atoms with van der Waals surface area (Å²) in [7, 11) is 0. The number of alkyl halides is 3. The summed E-state index contributed by atoms with van der Waals surface area (Å²) in [6.07, 6.45) is -4.95. The van der Waals surface area contributed by atoms with Crippen molar-refractivity contribution in [3.05, 3.63) is 59.1 Å². The standard InChI is InChI=1S/C15H11F3N2OS/c16-15(17,18)14(21,9-5-1-2-6-10(9)19)13-20-11-7-3-4-8-12(11)22-13/h1-8,21H,19H2. The molecule has 3 rings (SSSR count). The molecular formula is C15H11F3N2OS. The zero-order chi connectivity index (χ0) is 16.0. The number of aromatic nitrogens is 1. The van der Waals surface area contributed by atoms with Crippen molar-refractivity contribution in [1.29, 1.82) is 0 Å². The number of anilines is 1. The lowest BCUT2D eigenvalue weighted by atomic mass is 9.92. The van der Waals surface area contributed by atoms with Gasteiger partial charge in [0.1, 0.15) is 5.01 Å². The molecule has 0 bridgehead atoms. The zero-order valence-electron chi connectivity index (χ0n) is 11.1. The topological polar surface area (TPSA) is 59.1 Å². The normalized spacial score (nSPS) is 14.9. The smallest absolute Gasteiger partial charge is 0.398 e. The monoisotopic (exact) mass is 324 g/mol. The first-order valence-electron chi connectivity index (χ1n) is 6.34. The van der Waals surface area contributed by atoms with Gasteiger partial charge in [0.25, 0.3) is 0 Å². The van der Waals surface area contributed by atoms with Gasteiger partial charge in [-0.3, -0.25) is 0 Å². The van der Waals surface area contributed by atoms with E-state index in [9.17, 15) is 18.3 Å². The Kier molecular flexibility index (Phi) is 3.34. The maximum Gasteiger partial charge on any atom is 0.428 e. The highest BCUT2D eigenvalue weighted by atomic mass is 32.1. The summed E-state index contributed by atoms with van der Waals surface area (Å²) in [6, 6.07) is 12.0. The lowest BCUT2D eigenvalue weighted by Gasteiger charge is -2.29. The summed E-state index contributed by atoms with van der Waals surface area (Å²) in [6.45, 7) is 0. The Morgan fingerprint density at radius 2 is 1.64 bits per heavy atom. The number of para-hydroxylation sites is 2. The molecule has 114 valence electrons. The van der Waals surface area contributed by atoms with E-state index in [1.165, 1.54) is 18.2 Å². The molecule has 2 aromatic carbocycles. The van der Waals surface area contributed by atoms with E-state index in [2.05, 4.69) is 4.98 Å². The number of hydrogen-bond donors (Lipinski definition) is 2. The Balaban J connectivity index is 2.29. The van der Waals surface area contributed by atoms with E-state index < -0.39 is 22.3 Å². The number of nitrogens with two attached hydrogens (primary N) is 1. The van der Waals surface area contributed by atoms with Gasteiger partial charge in [0.2, 0.25) is 5.60 Å². The van der Waals surface area contributed by atoms with E-state index in [0.717, 1.165) is 17.4 Å². The second-order valence-corrected chi connectivity index (χ2v) is 5.81. The van der Waals surface area contributed by atoms with Crippen LogP contribution >= 0.6 is 11.3 Å². The van der Waals surface area contributed by atoms with Crippen molar-refractivity contribution in [2.75, 3.05) is 5.73 Å². The number of nitrogens with zero attached hydrogens (tertiary/aromatic N) is 1. The molecule has 0 spiro atoms. The fraction of sp³-hybridized carbons (Fsp3) is 0.133. The summed E-state index contributed by atoms with van der Waals surface area (Å²) in [5, 5.41) is 10.1. The quantitative estimate of drug-likeness (QED) is 0.707. The largest absolute Gasteiger partial charge is 0.428 e. The van der Waals surface area contributed by atoms with Crippen LogP contribution in [-0.2, 0) is 5.60 Å². The van der Waals surface area contributed by atoms with E-state index in [0.29, 0.717) is 10.2 Å². The Morgan fingerprint density at radius 3 is 2.27 bits per heavy atom. The SMILES string of the molecule is Nc1ccccc1C(O)(c1nc2ccccc2s1)C(F)(F)F. The van der Waals surface area contributed by atoms with Gasteiger partial charge in [-0.05, 0) is 18.2 Å². The Hall–Kier alpha value is -2.12. The summed E-state index contributed by atoms with van der Waals surface area (Å²) < 4.78 is 41.5. The molecule has 0 saturated carbocycles. The van der Waals surface area contributed by atoms with Gasteiger partial charge in [-0.1, -0.05) is 30.3 Å². The first kappa shape index (κ1) is 14.8. The highest BCUT2D eigenvalue weighted by Gasteiger charge is 2.59. The fourth-order valence-electron chi connectivity index (χ4n) is 2.24. The number of rotatable bonds is 2. The van der Waals surface area contributed by atoms with Crippen LogP contribution in [0.1, 0.15) is 10.6 Å². The van der Waals surface area contributed by atoms with Crippen LogP contribution in [-0.4, -0.2) is 16.3 Å². The third-order valence-electron chi connectivity index (χ3n) is 3.36. The minimum absolute atomic E-state index is 0.137. The molecule has 3 aromatic rings. The van der Waals surface area contributed by atoms with Crippen LogP contribution in [0.5, 0.6) is 0 Å². The summed E-state index contributed by atoms with van der Waals surface area (Å²) in [5.41, 5.74) is 2.27. The molecule has 0 aliphatic heterocycles. The van der Waals surface area contributed by atoms with Crippen molar-refractivity contribution in [3.63, 3.8) is 0 Å². The second kappa shape index (κ2) is 4.96. The van der Waals surface area contributed by atoms with Gasteiger partial charge in [0, 0.05) is 11.3 Å². The average Bonchev–Trinajstić information content (AvgIpc) is 2.90. The fourth-order valence-corrected chi connectivity index (χ4v) is 3.33. The highest BCUT2D eigenvalue weighted by molar-refractivity contribution is 7.18. The molecule has 22 heavy (non-hydrogen) atoms. The van der Waals surface area contributed by atoms with Gasteiger partial charge in [-0.2, -0.15) is 13.2 Å². The maximum absolute atomic E-state index is 13.6. The molecule has 0 radical (unpaired) electrons. The van der Waals surface area contributed by atoms with Crippen LogP contribution in [0.25, 0.3) is 10.2 Å². The zero-order valence-corrected chi connectivity index (χ0v) is 11.9. The molecule has 3 nitrogen and oxygen atoms in total. The van der Waals surface area contributed by atoms with E-state index >= 15 is 0 Å². The molecule has 1 unspecified atom stereocenters. The van der Waals surface area contributed by atoms with Crippen LogP contribution in [0, 0.1) is 0 Å². The van der Waals surface area contributed by atoms with Gasteiger partial charge in [-0.25, -0.2) is 4.98 Å². The lowest BCUT2D eigenvalue weighted by Crippen LogP contribution is -2.43. The highest BCUT2D eigenvalue weighted by Crippen LogP contribution is 2.47. The minimum atomic E-state index is -4.95. The molecule has 0 amide bonds. The number of halogens is 3. The third-order valence-corrected chi connectivity index (χ3v) is 4.51. The predicted octanol–water partition coefficient (Wildman–Crippen LogP) is 3.68. The van der Waals surface area contributed by atoms with Crippen LogP contribution in [0.15, 0.2) is 48.5 Å². The van der Waals surface area contributed by atoms with Crippen LogP contribution in [0.2, 0.25) is 0 Å². The molecule has 7 heteroatoms. The van der Waals surface area contributed by atoms with Gasteiger partial charge in [0.15, 0.2) is 0 Å². The molecule has 1 heterocycles. The Labute approximate surface area is 127 Å². The lowest BCUT2D eigenvalue weighted by molar-refractivity contribution is -0.248. The molecular weight excluding hydrogens is 313 g/mol. The Bertz CT molecular complexity index is 798. The van der Waals surface area contributed by atoms with Crippen molar-refractivity contribution in [3.8, 4) is 0 Å². The minimum Gasteiger partial charge on any atom is -0.398 e. The van der Waals surface area contributed by atoms with E-state index in [1.54, 1.807) is 24.3 Å². The number of thiazole rings is 1. The van der Waals surface area contributed by atoms with Crippen molar-refractivity contribution < 1.29 is 18.3 Å². The second-order valence-electron chi connectivity index (χ2n) is 4.78. The van der Waals surface area contributed by atoms with Crippen LogP contribution < -0.4 is 5.73 Å². The van der Waals surface area contributed by atoms with Gasteiger partial charge >= 0.3 is 6.18 Å². The van der Waals surface area contributed by atoms with Crippen molar-refractivity contribution >= 4 is 27.2 Å². The number of fused-ring (bicyclic) bond motifs is 1. The molecule has 0 aliphatic rings. The molecule has 1 atom stereocenters.